The third-order valence-electron chi connectivity index (χ3n) is 5.67. The number of carbonyl (C=O) groups is 1. The van der Waals surface area contributed by atoms with Crippen molar-refractivity contribution in [2.45, 2.75) is 50.2 Å². The number of ether oxygens (including phenoxy) is 2. The van der Waals surface area contributed by atoms with Crippen molar-refractivity contribution < 1.29 is 19.2 Å². The Balaban J connectivity index is 0.00000210. The lowest BCUT2D eigenvalue weighted by Crippen LogP contribution is -2.49. The summed E-state index contributed by atoms with van der Waals surface area (Å²) in [4.78, 5) is 25.5. The second-order valence-electron chi connectivity index (χ2n) is 7.33. The van der Waals surface area contributed by atoms with Gasteiger partial charge in [-0.25, -0.2) is 0 Å². The van der Waals surface area contributed by atoms with Crippen molar-refractivity contribution in [3.05, 3.63) is 27.8 Å². The molecule has 3 aliphatic rings. The maximum atomic E-state index is 12.8. The summed E-state index contributed by atoms with van der Waals surface area (Å²) in [6, 6.07) is 4.10. The van der Waals surface area contributed by atoms with Crippen LogP contribution < -0.4 is 14.8 Å². The van der Waals surface area contributed by atoms with E-state index in [9.17, 15) is 14.9 Å². The average molecular weight is 398 g/mol. The van der Waals surface area contributed by atoms with Crippen LogP contribution in [-0.2, 0) is 11.2 Å². The molecule has 1 aromatic carbocycles. The fourth-order valence-electron chi connectivity index (χ4n) is 4.27. The number of piperidine rings is 1. The summed E-state index contributed by atoms with van der Waals surface area (Å²) < 4.78 is 10.9. The molecule has 27 heavy (non-hydrogen) atoms. The number of hydrogen-bond donors (Lipinski definition) is 1. The number of fused-ring (bicyclic) bond motifs is 3. The molecule has 0 saturated carbocycles. The number of amides is 1. The molecule has 2 fully saturated rings. The molecule has 0 spiro atoms. The van der Waals surface area contributed by atoms with E-state index in [0.29, 0.717) is 42.4 Å². The van der Waals surface area contributed by atoms with Crippen molar-refractivity contribution in [3.8, 4) is 11.5 Å². The lowest BCUT2D eigenvalue weighted by atomic mass is 9.97. The van der Waals surface area contributed by atoms with E-state index in [4.69, 9.17) is 9.47 Å². The quantitative estimate of drug-likeness (QED) is 0.617. The van der Waals surface area contributed by atoms with Gasteiger partial charge in [0.1, 0.15) is 13.2 Å². The van der Waals surface area contributed by atoms with Gasteiger partial charge in [0, 0.05) is 30.7 Å². The van der Waals surface area contributed by atoms with Gasteiger partial charge in [0.15, 0.2) is 11.5 Å². The Bertz CT molecular complexity index is 732. The Kier molecular flexibility index (Phi) is 5.76. The first-order valence-electron chi connectivity index (χ1n) is 9.10. The molecule has 9 heteroatoms. The van der Waals surface area contributed by atoms with E-state index in [-0.39, 0.29) is 36.5 Å². The fourth-order valence-corrected chi connectivity index (χ4v) is 4.27. The van der Waals surface area contributed by atoms with Crippen molar-refractivity contribution in [2.75, 3.05) is 20.3 Å². The molecule has 1 N–H and O–H groups in total. The average Bonchev–Trinajstić information content (AvgIpc) is 2.98. The summed E-state index contributed by atoms with van der Waals surface area (Å²) in [5.74, 6) is 0.728. The molecule has 1 amide bonds. The number of nitro benzene ring substituents is 1. The molecule has 1 aromatic rings. The van der Waals surface area contributed by atoms with E-state index in [1.54, 1.807) is 11.0 Å². The van der Waals surface area contributed by atoms with Gasteiger partial charge in [0.05, 0.1) is 17.4 Å². The molecule has 2 bridgehead atoms. The molecule has 0 aromatic heterocycles. The largest absolute Gasteiger partial charge is 0.486 e. The van der Waals surface area contributed by atoms with Gasteiger partial charge >= 0.3 is 0 Å². The Hall–Kier alpha value is -2.06. The van der Waals surface area contributed by atoms with E-state index in [0.717, 1.165) is 25.7 Å². The second kappa shape index (κ2) is 7.90. The number of carbonyl (C=O) groups excluding carboxylic acids is 1. The smallest absolute Gasteiger partial charge is 0.277 e. The minimum atomic E-state index is -0.467. The third kappa shape index (κ3) is 3.96. The number of hydrogen-bond acceptors (Lipinski definition) is 6. The van der Waals surface area contributed by atoms with Crippen molar-refractivity contribution >= 4 is 24.0 Å². The van der Waals surface area contributed by atoms with Crippen LogP contribution in [-0.4, -0.2) is 54.1 Å². The van der Waals surface area contributed by atoms with Crippen molar-refractivity contribution in [1.29, 1.82) is 0 Å². The van der Waals surface area contributed by atoms with Crippen molar-refractivity contribution in [3.63, 3.8) is 0 Å². The van der Waals surface area contributed by atoms with Gasteiger partial charge in [-0.2, -0.15) is 0 Å². The first-order chi connectivity index (χ1) is 12.5. The SMILES string of the molecule is CN(C(=O)Cc1cc2c(cc1[N+](=O)[O-])OCCO2)C1CC2CCC(C1)N2.Cl. The van der Waals surface area contributed by atoms with E-state index in [2.05, 4.69) is 5.32 Å². The van der Waals surface area contributed by atoms with Crippen LogP contribution in [0.2, 0.25) is 0 Å². The Morgan fingerprint density at radius 1 is 1.22 bits per heavy atom. The molecule has 3 aliphatic heterocycles. The summed E-state index contributed by atoms with van der Waals surface area (Å²) in [7, 11) is 1.81. The fraction of sp³-hybridized carbons (Fsp3) is 0.611. The molecule has 3 heterocycles. The van der Waals surface area contributed by atoms with Gasteiger partial charge in [0.2, 0.25) is 5.91 Å². The zero-order valence-corrected chi connectivity index (χ0v) is 16.0. The zero-order chi connectivity index (χ0) is 18.3. The molecule has 4 rings (SSSR count). The number of nitro groups is 1. The monoisotopic (exact) mass is 397 g/mol. The lowest BCUT2D eigenvalue weighted by Gasteiger charge is -2.35. The van der Waals surface area contributed by atoms with Crippen LogP contribution in [0, 0.1) is 10.1 Å². The number of nitrogens with one attached hydrogen (secondary N) is 1. The van der Waals surface area contributed by atoms with Gasteiger partial charge in [0.25, 0.3) is 5.69 Å². The first-order valence-corrected chi connectivity index (χ1v) is 9.10. The van der Waals surface area contributed by atoms with Gasteiger partial charge < -0.3 is 19.7 Å². The van der Waals surface area contributed by atoms with E-state index < -0.39 is 4.92 Å². The summed E-state index contributed by atoms with van der Waals surface area (Å²) in [5, 5.41) is 15.0. The van der Waals surface area contributed by atoms with Gasteiger partial charge in [-0.3, -0.25) is 14.9 Å². The van der Waals surface area contributed by atoms with E-state index in [1.165, 1.54) is 6.07 Å². The predicted octanol–water partition coefficient (Wildman–Crippen LogP) is 2.07. The molecule has 0 aliphatic carbocycles. The first kappa shape index (κ1) is 19.7. The minimum absolute atomic E-state index is 0. The van der Waals surface area contributed by atoms with Crippen LogP contribution in [0.3, 0.4) is 0 Å². The number of rotatable bonds is 4. The van der Waals surface area contributed by atoms with Crippen LogP contribution >= 0.6 is 12.4 Å². The normalized spacial score (nSPS) is 25.4. The Morgan fingerprint density at radius 2 is 1.81 bits per heavy atom. The lowest BCUT2D eigenvalue weighted by molar-refractivity contribution is -0.385. The van der Waals surface area contributed by atoms with Gasteiger partial charge in [-0.15, -0.1) is 12.4 Å². The molecule has 2 unspecified atom stereocenters. The van der Waals surface area contributed by atoms with Crippen LogP contribution in [0.5, 0.6) is 11.5 Å². The molecular formula is C18H24ClN3O5. The maximum Gasteiger partial charge on any atom is 0.277 e. The van der Waals surface area contributed by atoms with Crippen LogP contribution in [0.1, 0.15) is 31.2 Å². The Morgan fingerprint density at radius 3 is 2.41 bits per heavy atom. The molecule has 0 radical (unpaired) electrons. The molecule has 2 atom stereocenters. The Labute approximate surface area is 163 Å². The molecule has 8 nitrogen and oxygen atoms in total. The van der Waals surface area contributed by atoms with Crippen molar-refractivity contribution in [2.24, 2.45) is 0 Å². The predicted molar refractivity (Wildman–Crippen MR) is 101 cm³/mol. The highest BCUT2D eigenvalue weighted by molar-refractivity contribution is 5.85. The van der Waals surface area contributed by atoms with E-state index in [1.807, 2.05) is 7.05 Å². The number of halogens is 1. The second-order valence-corrected chi connectivity index (χ2v) is 7.33. The van der Waals surface area contributed by atoms with Crippen LogP contribution in [0.15, 0.2) is 12.1 Å². The van der Waals surface area contributed by atoms with Gasteiger partial charge in [-0.05, 0) is 31.7 Å². The minimum Gasteiger partial charge on any atom is -0.486 e. The highest BCUT2D eigenvalue weighted by Gasteiger charge is 2.36. The summed E-state index contributed by atoms with van der Waals surface area (Å²) in [6.45, 7) is 0.763. The molecule has 2 saturated heterocycles. The number of benzene rings is 1. The number of likely N-dealkylation sites (N-methyl/N-ethyl adjacent to an activating group) is 1. The summed E-state index contributed by atoms with van der Waals surface area (Å²) in [5.41, 5.74) is 0.273. The topological polar surface area (TPSA) is 93.9 Å². The van der Waals surface area contributed by atoms with Crippen molar-refractivity contribution in [1.82, 2.24) is 10.2 Å². The summed E-state index contributed by atoms with van der Waals surface area (Å²) in [6.07, 6.45) is 4.21. The van der Waals surface area contributed by atoms with Crippen LogP contribution in [0.4, 0.5) is 5.69 Å². The van der Waals surface area contributed by atoms with Gasteiger partial charge in [-0.1, -0.05) is 0 Å². The number of nitrogens with zero attached hydrogens (tertiary/aromatic N) is 2. The summed E-state index contributed by atoms with van der Waals surface area (Å²) >= 11 is 0. The third-order valence-corrected chi connectivity index (χ3v) is 5.67. The maximum absolute atomic E-state index is 12.8. The highest BCUT2D eigenvalue weighted by Crippen LogP contribution is 2.37. The standard InChI is InChI=1S/C18H23N3O5.ClH/c1-20(14-8-12-2-3-13(9-14)19-12)18(22)7-11-6-16-17(26-5-4-25-16)10-15(11)21(23)24;/h6,10,12-14,19H,2-5,7-9H2,1H3;1H. The molecule has 148 valence electrons. The molecular weight excluding hydrogens is 374 g/mol. The van der Waals surface area contributed by atoms with Crippen LogP contribution in [0.25, 0.3) is 0 Å². The van der Waals surface area contributed by atoms with E-state index >= 15 is 0 Å². The highest BCUT2D eigenvalue weighted by atomic mass is 35.5. The zero-order valence-electron chi connectivity index (χ0n) is 15.2.